The Labute approximate surface area is 122 Å². The third-order valence-corrected chi connectivity index (χ3v) is 3.77. The highest BCUT2D eigenvalue weighted by atomic mass is 16.4. The van der Waals surface area contributed by atoms with Crippen LogP contribution in [0.15, 0.2) is 18.2 Å². The molecule has 1 atom stereocenters. The fourth-order valence-corrected chi connectivity index (χ4v) is 2.67. The summed E-state index contributed by atoms with van der Waals surface area (Å²) < 4.78 is 0. The third-order valence-electron chi connectivity index (χ3n) is 3.77. The monoisotopic (exact) mass is 291 g/mol. The van der Waals surface area contributed by atoms with Crippen LogP contribution < -0.4 is 0 Å². The highest BCUT2D eigenvalue weighted by Gasteiger charge is 2.37. The van der Waals surface area contributed by atoms with Gasteiger partial charge >= 0.3 is 11.9 Å². The van der Waals surface area contributed by atoms with Gasteiger partial charge in [0.15, 0.2) is 0 Å². The molecule has 0 aromatic heterocycles. The maximum Gasteiger partial charge on any atom is 0.326 e. The van der Waals surface area contributed by atoms with Crippen LogP contribution >= 0.6 is 0 Å². The largest absolute Gasteiger partial charge is 0.481 e. The number of nitrogens with zero attached hydrogens (tertiary/aromatic N) is 1. The summed E-state index contributed by atoms with van der Waals surface area (Å²) in [6.07, 6.45) is 0.390. The van der Waals surface area contributed by atoms with Crippen LogP contribution in [-0.2, 0) is 22.6 Å². The first kappa shape index (κ1) is 15.0. The Kier molecular flexibility index (Phi) is 4.26. The number of amides is 1. The van der Waals surface area contributed by atoms with Gasteiger partial charge < -0.3 is 15.1 Å². The second-order valence-corrected chi connectivity index (χ2v) is 5.02. The van der Waals surface area contributed by atoms with Gasteiger partial charge in [-0.1, -0.05) is 19.1 Å². The standard InChI is InChI=1S/C15H17NO5/c1-2-9-4-3-5-10-11(9)8-16(14(10)19)12(15(20)21)6-7-13(17)18/h3-5,12H,2,6-8H2,1H3,(H,17,18)(H,20,21). The highest BCUT2D eigenvalue weighted by molar-refractivity contribution is 6.00. The Morgan fingerprint density at radius 2 is 2.05 bits per heavy atom. The molecule has 112 valence electrons. The van der Waals surface area contributed by atoms with Gasteiger partial charge in [0.25, 0.3) is 5.91 Å². The van der Waals surface area contributed by atoms with Crippen molar-refractivity contribution in [3.63, 3.8) is 0 Å². The van der Waals surface area contributed by atoms with Crippen molar-refractivity contribution < 1.29 is 24.6 Å². The van der Waals surface area contributed by atoms with E-state index in [-0.39, 0.29) is 25.3 Å². The van der Waals surface area contributed by atoms with Gasteiger partial charge in [0.2, 0.25) is 0 Å². The molecule has 1 aliphatic heterocycles. The molecule has 2 rings (SSSR count). The van der Waals surface area contributed by atoms with Gasteiger partial charge in [0.05, 0.1) is 0 Å². The first-order valence-electron chi connectivity index (χ1n) is 6.82. The van der Waals surface area contributed by atoms with Crippen LogP contribution in [0.4, 0.5) is 0 Å². The lowest BCUT2D eigenvalue weighted by Gasteiger charge is -2.23. The number of aryl methyl sites for hydroxylation is 1. The minimum atomic E-state index is -1.17. The maximum atomic E-state index is 12.4. The lowest BCUT2D eigenvalue weighted by Crippen LogP contribution is -2.41. The van der Waals surface area contributed by atoms with Gasteiger partial charge in [-0.3, -0.25) is 9.59 Å². The van der Waals surface area contributed by atoms with E-state index >= 15 is 0 Å². The second-order valence-electron chi connectivity index (χ2n) is 5.02. The van der Waals surface area contributed by atoms with E-state index in [2.05, 4.69) is 0 Å². The summed E-state index contributed by atoms with van der Waals surface area (Å²) in [6, 6.07) is 4.28. The minimum absolute atomic E-state index is 0.0914. The maximum absolute atomic E-state index is 12.4. The number of aliphatic carboxylic acids is 2. The zero-order valence-corrected chi connectivity index (χ0v) is 11.7. The smallest absolute Gasteiger partial charge is 0.326 e. The van der Waals surface area contributed by atoms with Crippen LogP contribution in [-0.4, -0.2) is 39.0 Å². The van der Waals surface area contributed by atoms with E-state index in [4.69, 9.17) is 5.11 Å². The molecule has 0 saturated heterocycles. The number of hydrogen-bond donors (Lipinski definition) is 2. The molecular weight excluding hydrogens is 274 g/mol. The van der Waals surface area contributed by atoms with Crippen LogP contribution in [0, 0.1) is 0 Å². The van der Waals surface area contributed by atoms with Gasteiger partial charge in [-0.2, -0.15) is 0 Å². The molecule has 1 amide bonds. The molecule has 21 heavy (non-hydrogen) atoms. The molecule has 0 radical (unpaired) electrons. The fourth-order valence-electron chi connectivity index (χ4n) is 2.67. The average Bonchev–Trinajstić information content (AvgIpc) is 2.76. The summed E-state index contributed by atoms with van der Waals surface area (Å²) in [5.41, 5.74) is 2.40. The molecule has 1 aliphatic rings. The number of carbonyl (C=O) groups is 3. The van der Waals surface area contributed by atoms with Crippen LogP contribution in [0.2, 0.25) is 0 Å². The van der Waals surface area contributed by atoms with E-state index < -0.39 is 18.0 Å². The van der Waals surface area contributed by atoms with E-state index in [9.17, 15) is 19.5 Å². The van der Waals surface area contributed by atoms with Crippen molar-refractivity contribution >= 4 is 17.8 Å². The zero-order chi connectivity index (χ0) is 15.6. The number of carboxylic acid groups (broad SMARTS) is 2. The molecule has 1 heterocycles. The summed E-state index contributed by atoms with van der Waals surface area (Å²) in [7, 11) is 0. The van der Waals surface area contributed by atoms with Crippen molar-refractivity contribution in [3.05, 3.63) is 34.9 Å². The van der Waals surface area contributed by atoms with Crippen molar-refractivity contribution in [2.75, 3.05) is 0 Å². The Morgan fingerprint density at radius 1 is 1.33 bits per heavy atom. The lowest BCUT2D eigenvalue weighted by atomic mass is 10.0. The van der Waals surface area contributed by atoms with Gasteiger partial charge in [0.1, 0.15) is 6.04 Å². The topological polar surface area (TPSA) is 94.9 Å². The van der Waals surface area contributed by atoms with Gasteiger partial charge in [-0.25, -0.2) is 4.79 Å². The van der Waals surface area contributed by atoms with Crippen molar-refractivity contribution in [1.29, 1.82) is 0 Å². The SMILES string of the molecule is CCc1cccc2c1CN(C(CCC(=O)O)C(=O)O)C2=O. The third kappa shape index (κ3) is 2.89. The number of rotatable bonds is 6. The predicted molar refractivity (Wildman–Crippen MR) is 74.0 cm³/mol. The molecule has 6 heteroatoms. The summed E-state index contributed by atoms with van der Waals surface area (Å²) in [6.45, 7) is 2.20. The molecule has 1 aromatic carbocycles. The minimum Gasteiger partial charge on any atom is -0.481 e. The number of carbonyl (C=O) groups excluding carboxylic acids is 1. The molecule has 0 spiro atoms. The van der Waals surface area contributed by atoms with Crippen molar-refractivity contribution in [1.82, 2.24) is 4.90 Å². The molecule has 0 bridgehead atoms. The summed E-state index contributed by atoms with van der Waals surface area (Å²) in [5, 5.41) is 18.0. The van der Waals surface area contributed by atoms with Crippen LogP contribution in [0.5, 0.6) is 0 Å². The Hall–Kier alpha value is -2.37. The molecule has 1 unspecified atom stereocenters. The highest BCUT2D eigenvalue weighted by Crippen LogP contribution is 2.29. The lowest BCUT2D eigenvalue weighted by molar-refractivity contribution is -0.143. The number of benzene rings is 1. The second kappa shape index (κ2) is 5.95. The van der Waals surface area contributed by atoms with Crippen LogP contribution in [0.1, 0.15) is 41.3 Å². The summed E-state index contributed by atoms with van der Waals surface area (Å²) in [4.78, 5) is 35.6. The van der Waals surface area contributed by atoms with Gasteiger partial charge in [0, 0.05) is 18.5 Å². The fraction of sp³-hybridized carbons (Fsp3) is 0.400. The van der Waals surface area contributed by atoms with E-state index in [1.165, 1.54) is 4.90 Å². The molecule has 0 fully saturated rings. The average molecular weight is 291 g/mol. The number of carboxylic acids is 2. The summed E-state index contributed by atoms with van der Waals surface area (Å²) in [5.74, 6) is -2.58. The Morgan fingerprint density at radius 3 is 2.62 bits per heavy atom. The molecule has 2 N–H and O–H groups in total. The van der Waals surface area contributed by atoms with Crippen molar-refractivity contribution in [2.24, 2.45) is 0 Å². The first-order valence-corrected chi connectivity index (χ1v) is 6.82. The van der Waals surface area contributed by atoms with E-state index in [1.54, 1.807) is 12.1 Å². The van der Waals surface area contributed by atoms with E-state index in [0.717, 1.165) is 17.5 Å². The quantitative estimate of drug-likeness (QED) is 0.828. The molecule has 0 aliphatic carbocycles. The van der Waals surface area contributed by atoms with Crippen molar-refractivity contribution in [3.8, 4) is 0 Å². The number of fused-ring (bicyclic) bond motifs is 1. The molecule has 6 nitrogen and oxygen atoms in total. The van der Waals surface area contributed by atoms with E-state index in [0.29, 0.717) is 5.56 Å². The normalized spacial score (nSPS) is 14.9. The predicted octanol–water partition coefficient (Wildman–Crippen LogP) is 1.52. The molecular formula is C15H17NO5. The summed E-state index contributed by atoms with van der Waals surface area (Å²) >= 11 is 0. The number of hydrogen-bond acceptors (Lipinski definition) is 3. The Bertz CT molecular complexity index is 596. The first-order chi connectivity index (χ1) is 9.95. The van der Waals surface area contributed by atoms with Gasteiger partial charge in [-0.05, 0) is 30.0 Å². The van der Waals surface area contributed by atoms with Crippen molar-refractivity contribution in [2.45, 2.75) is 38.8 Å². The van der Waals surface area contributed by atoms with Gasteiger partial charge in [-0.15, -0.1) is 0 Å². The Balaban J connectivity index is 2.27. The molecule has 1 aromatic rings. The van der Waals surface area contributed by atoms with E-state index in [1.807, 2.05) is 13.0 Å². The zero-order valence-electron chi connectivity index (χ0n) is 11.7. The van der Waals surface area contributed by atoms with Crippen LogP contribution in [0.3, 0.4) is 0 Å². The van der Waals surface area contributed by atoms with Crippen LogP contribution in [0.25, 0.3) is 0 Å². The molecule has 0 saturated carbocycles.